The molecule has 21 heavy (non-hydrogen) atoms. The molecule has 0 aliphatic heterocycles. The van der Waals surface area contributed by atoms with Gasteiger partial charge in [-0.1, -0.05) is 32.9 Å². The smallest absolute Gasteiger partial charge is 0.239 e. The summed E-state index contributed by atoms with van der Waals surface area (Å²) in [5.74, 6) is 0.336. The van der Waals surface area contributed by atoms with E-state index in [0.717, 1.165) is 5.56 Å². The summed E-state index contributed by atoms with van der Waals surface area (Å²) in [6.07, 6.45) is 0. The fourth-order valence-corrected chi connectivity index (χ4v) is 2.15. The van der Waals surface area contributed by atoms with Gasteiger partial charge in [-0.15, -0.1) is 0 Å². The fraction of sp³-hybridized carbons (Fsp3) is 0.588. The van der Waals surface area contributed by atoms with E-state index in [4.69, 9.17) is 0 Å². The summed E-state index contributed by atoms with van der Waals surface area (Å²) in [7, 11) is 5.41. The van der Waals surface area contributed by atoms with Crippen molar-refractivity contribution in [3.63, 3.8) is 0 Å². The molecule has 1 N–H and O–H groups in total. The Morgan fingerprint density at radius 1 is 1.24 bits per heavy atom. The van der Waals surface area contributed by atoms with Gasteiger partial charge in [-0.3, -0.25) is 9.69 Å². The first-order chi connectivity index (χ1) is 9.54. The summed E-state index contributed by atoms with van der Waals surface area (Å²) >= 11 is 0. The van der Waals surface area contributed by atoms with Crippen LogP contribution in [0.3, 0.4) is 0 Å². The van der Waals surface area contributed by atoms with Crippen LogP contribution in [0.4, 0.5) is 0 Å². The molecule has 0 radical (unpaired) electrons. The van der Waals surface area contributed by atoms with Crippen molar-refractivity contribution in [2.24, 2.45) is 0 Å². The number of carbonyl (C=O) groups excluding carboxylic acids is 1. The maximum absolute atomic E-state index is 12.0. The van der Waals surface area contributed by atoms with Crippen molar-refractivity contribution >= 4 is 5.91 Å². The van der Waals surface area contributed by atoms with E-state index in [1.165, 1.54) is 5.56 Å². The van der Waals surface area contributed by atoms with Crippen molar-refractivity contribution in [1.29, 1.82) is 0 Å². The molecule has 1 unspecified atom stereocenters. The van der Waals surface area contributed by atoms with Crippen molar-refractivity contribution in [3.8, 4) is 5.75 Å². The number of phenolic OH excluding ortho intramolecular Hbond substituents is 1. The Bertz CT molecular complexity index is 504. The molecular formula is C17H28N2O2. The zero-order valence-electron chi connectivity index (χ0n) is 14.3. The maximum Gasteiger partial charge on any atom is 0.239 e. The average Bonchev–Trinajstić information content (AvgIpc) is 2.37. The van der Waals surface area contributed by atoms with Crippen LogP contribution >= 0.6 is 0 Å². The standard InChI is InChI=1S/C17H28N2O2/c1-12(16(21)18(5)6)19(7)11-13-10-14(17(2,3)4)8-9-15(13)20/h8-10,12,20H,11H2,1-7H3. The van der Waals surface area contributed by atoms with Gasteiger partial charge in [0.15, 0.2) is 0 Å². The Morgan fingerprint density at radius 3 is 2.29 bits per heavy atom. The van der Waals surface area contributed by atoms with Crippen molar-refractivity contribution in [1.82, 2.24) is 9.80 Å². The number of phenols is 1. The van der Waals surface area contributed by atoms with Gasteiger partial charge < -0.3 is 10.0 Å². The molecule has 0 saturated heterocycles. The Hall–Kier alpha value is -1.55. The average molecular weight is 292 g/mol. The van der Waals surface area contributed by atoms with Crippen LogP contribution in [0.2, 0.25) is 0 Å². The third-order valence-electron chi connectivity index (χ3n) is 3.82. The summed E-state index contributed by atoms with van der Waals surface area (Å²) < 4.78 is 0. The van der Waals surface area contributed by atoms with Crippen LogP contribution in [0.25, 0.3) is 0 Å². The lowest BCUT2D eigenvalue weighted by atomic mass is 9.86. The first kappa shape index (κ1) is 17.5. The van der Waals surface area contributed by atoms with Crippen molar-refractivity contribution in [2.75, 3.05) is 21.1 Å². The van der Waals surface area contributed by atoms with E-state index in [-0.39, 0.29) is 23.1 Å². The second kappa shape index (κ2) is 6.48. The van der Waals surface area contributed by atoms with E-state index < -0.39 is 0 Å². The van der Waals surface area contributed by atoms with E-state index in [9.17, 15) is 9.90 Å². The minimum atomic E-state index is -0.224. The van der Waals surface area contributed by atoms with Gasteiger partial charge in [0, 0.05) is 26.2 Å². The molecule has 0 aliphatic carbocycles. The Labute approximate surface area is 128 Å². The molecule has 0 spiro atoms. The topological polar surface area (TPSA) is 43.8 Å². The maximum atomic E-state index is 12.0. The minimum absolute atomic E-state index is 0.0338. The largest absolute Gasteiger partial charge is 0.508 e. The SMILES string of the molecule is CC(C(=O)N(C)C)N(C)Cc1cc(C(C)(C)C)ccc1O. The molecule has 0 saturated carbocycles. The number of carbonyl (C=O) groups is 1. The van der Waals surface area contributed by atoms with Crippen molar-refractivity contribution in [2.45, 2.75) is 45.7 Å². The molecule has 1 aromatic rings. The molecule has 0 aliphatic rings. The molecule has 0 heterocycles. The highest BCUT2D eigenvalue weighted by atomic mass is 16.3. The van der Waals surface area contributed by atoms with Crippen molar-refractivity contribution in [3.05, 3.63) is 29.3 Å². The summed E-state index contributed by atoms with van der Waals surface area (Å²) in [4.78, 5) is 15.5. The molecule has 1 rings (SSSR count). The van der Waals surface area contributed by atoms with Crippen LogP contribution < -0.4 is 0 Å². The molecule has 0 aromatic heterocycles. The highest BCUT2D eigenvalue weighted by molar-refractivity contribution is 5.80. The highest BCUT2D eigenvalue weighted by Crippen LogP contribution is 2.28. The zero-order valence-corrected chi connectivity index (χ0v) is 14.3. The van der Waals surface area contributed by atoms with Crippen LogP contribution in [-0.2, 0) is 16.8 Å². The Morgan fingerprint density at radius 2 is 1.81 bits per heavy atom. The van der Waals surface area contributed by atoms with Crippen LogP contribution in [0.1, 0.15) is 38.8 Å². The molecule has 0 fully saturated rings. The fourth-order valence-electron chi connectivity index (χ4n) is 2.15. The van der Waals surface area contributed by atoms with Crippen molar-refractivity contribution < 1.29 is 9.90 Å². The Balaban J connectivity index is 2.94. The number of amides is 1. The molecule has 118 valence electrons. The molecular weight excluding hydrogens is 264 g/mol. The monoisotopic (exact) mass is 292 g/mol. The molecule has 0 bridgehead atoms. The van der Waals surface area contributed by atoms with Gasteiger partial charge >= 0.3 is 0 Å². The number of hydrogen-bond acceptors (Lipinski definition) is 3. The summed E-state index contributed by atoms with van der Waals surface area (Å²) in [6.45, 7) is 8.85. The quantitative estimate of drug-likeness (QED) is 0.927. The van der Waals surface area contributed by atoms with Crippen LogP contribution in [0, 0.1) is 0 Å². The van der Waals surface area contributed by atoms with Crippen LogP contribution in [0.15, 0.2) is 18.2 Å². The van der Waals surface area contributed by atoms with E-state index in [1.807, 2.05) is 31.0 Å². The van der Waals surface area contributed by atoms with Gasteiger partial charge in [-0.2, -0.15) is 0 Å². The molecule has 4 heteroatoms. The number of aromatic hydroxyl groups is 1. The van der Waals surface area contributed by atoms with E-state index in [2.05, 4.69) is 20.8 Å². The zero-order chi connectivity index (χ0) is 16.4. The van der Waals surface area contributed by atoms with E-state index >= 15 is 0 Å². The number of rotatable bonds is 4. The predicted molar refractivity (Wildman–Crippen MR) is 86.4 cm³/mol. The van der Waals surface area contributed by atoms with Gasteiger partial charge in [0.25, 0.3) is 0 Å². The first-order valence-electron chi connectivity index (χ1n) is 7.28. The normalized spacial score (nSPS) is 13.3. The number of nitrogens with zero attached hydrogens (tertiary/aromatic N) is 2. The molecule has 4 nitrogen and oxygen atoms in total. The van der Waals surface area contributed by atoms with E-state index in [1.54, 1.807) is 25.1 Å². The highest BCUT2D eigenvalue weighted by Gasteiger charge is 2.21. The van der Waals surface area contributed by atoms with Gasteiger partial charge in [0.05, 0.1) is 6.04 Å². The van der Waals surface area contributed by atoms with E-state index in [0.29, 0.717) is 6.54 Å². The second-order valence-corrected chi connectivity index (χ2v) is 6.92. The number of likely N-dealkylation sites (N-methyl/N-ethyl adjacent to an activating group) is 2. The third-order valence-corrected chi connectivity index (χ3v) is 3.82. The third kappa shape index (κ3) is 4.46. The summed E-state index contributed by atoms with van der Waals surface area (Å²) in [5, 5.41) is 10.1. The number of hydrogen-bond donors (Lipinski definition) is 1. The lowest BCUT2D eigenvalue weighted by molar-refractivity contribution is -0.133. The van der Waals surface area contributed by atoms with Gasteiger partial charge in [-0.25, -0.2) is 0 Å². The minimum Gasteiger partial charge on any atom is -0.508 e. The predicted octanol–water partition coefficient (Wildman–Crippen LogP) is 2.60. The van der Waals surface area contributed by atoms with Crippen LogP contribution in [-0.4, -0.2) is 48.0 Å². The first-order valence-corrected chi connectivity index (χ1v) is 7.28. The van der Waals surface area contributed by atoms with Crippen LogP contribution in [0.5, 0.6) is 5.75 Å². The Kier molecular flexibility index (Phi) is 5.40. The second-order valence-electron chi connectivity index (χ2n) is 6.92. The number of benzene rings is 1. The summed E-state index contributed by atoms with van der Waals surface area (Å²) in [5.41, 5.74) is 2.06. The summed E-state index contributed by atoms with van der Waals surface area (Å²) in [6, 6.07) is 5.49. The van der Waals surface area contributed by atoms with Gasteiger partial charge in [0.2, 0.25) is 5.91 Å². The van der Waals surface area contributed by atoms with Gasteiger partial charge in [-0.05, 0) is 31.0 Å². The molecule has 1 amide bonds. The lowest BCUT2D eigenvalue weighted by Crippen LogP contribution is -2.42. The lowest BCUT2D eigenvalue weighted by Gasteiger charge is -2.27. The molecule has 1 aromatic carbocycles. The molecule has 1 atom stereocenters. The van der Waals surface area contributed by atoms with Gasteiger partial charge in [0.1, 0.15) is 5.75 Å².